The highest BCUT2D eigenvalue weighted by Crippen LogP contribution is 2.27. The minimum Gasteiger partial charge on any atom is -0.464 e. The van der Waals surface area contributed by atoms with E-state index in [1.807, 2.05) is 24.4 Å². The summed E-state index contributed by atoms with van der Waals surface area (Å²) in [6.07, 6.45) is 17.1. The third-order valence-corrected chi connectivity index (χ3v) is 6.96. The Morgan fingerprint density at radius 1 is 1.06 bits per heavy atom. The maximum Gasteiger partial charge on any atom is 0.316 e. The maximum atomic E-state index is 11.3. The van der Waals surface area contributed by atoms with Crippen LogP contribution in [0, 0.1) is 0 Å². The molecule has 0 radical (unpaired) electrons. The number of aromatic nitrogens is 1. The molecule has 2 aliphatic heterocycles. The van der Waals surface area contributed by atoms with E-state index in [1.165, 1.54) is 5.57 Å². The fourth-order valence-electron chi connectivity index (χ4n) is 5.06. The number of unbranched alkanes of at least 4 members (excludes halogenated alkanes) is 1. The van der Waals surface area contributed by atoms with Crippen LogP contribution in [0.3, 0.4) is 0 Å². The van der Waals surface area contributed by atoms with Crippen LogP contribution >= 0.6 is 0 Å². The molecule has 2 aromatic rings. The standard InChI is InChI=1S/C28H35N5O3/c29-28(34)30-25-19-33(26-11-5-4-10-24(25)26)13-7-6-12-31-14-16-32(17-15-31)27-21-35-20-23(36-27)18-22-8-2-1-3-9-22/h1-2,4-5,8,10-11,19-21H,3,6-7,9,12-18H2,(H3,29,30,34). The van der Waals surface area contributed by atoms with Crippen molar-refractivity contribution in [3.8, 4) is 0 Å². The van der Waals surface area contributed by atoms with Crippen molar-refractivity contribution in [1.82, 2.24) is 14.4 Å². The molecule has 3 aliphatic rings. The van der Waals surface area contributed by atoms with Crippen LogP contribution in [0.25, 0.3) is 10.9 Å². The van der Waals surface area contributed by atoms with Gasteiger partial charge in [-0.05, 0) is 38.3 Å². The van der Waals surface area contributed by atoms with Crippen LogP contribution in [0.5, 0.6) is 0 Å². The van der Waals surface area contributed by atoms with Crippen LogP contribution in [0.2, 0.25) is 0 Å². The molecule has 1 aromatic carbocycles. The number of hydrogen-bond acceptors (Lipinski definition) is 5. The number of hydrogen-bond donors (Lipinski definition) is 2. The van der Waals surface area contributed by atoms with Crippen molar-refractivity contribution >= 4 is 22.6 Å². The lowest BCUT2D eigenvalue weighted by Gasteiger charge is -2.37. The number of benzene rings is 1. The number of primary amides is 1. The van der Waals surface area contributed by atoms with E-state index in [2.05, 4.69) is 44.0 Å². The van der Waals surface area contributed by atoms with E-state index in [-0.39, 0.29) is 0 Å². The average molecular weight is 490 g/mol. The van der Waals surface area contributed by atoms with E-state index in [0.717, 1.165) is 99.6 Å². The Kier molecular flexibility index (Phi) is 7.61. The van der Waals surface area contributed by atoms with Gasteiger partial charge in [-0.3, -0.25) is 4.90 Å². The molecule has 190 valence electrons. The lowest BCUT2D eigenvalue weighted by Crippen LogP contribution is -2.46. The lowest BCUT2D eigenvalue weighted by atomic mass is 10.0. The number of allylic oxidation sites excluding steroid dienone is 4. The number of piperazine rings is 1. The van der Waals surface area contributed by atoms with Crippen molar-refractivity contribution in [2.24, 2.45) is 5.73 Å². The van der Waals surface area contributed by atoms with Gasteiger partial charge < -0.3 is 30.0 Å². The molecule has 0 atom stereocenters. The van der Waals surface area contributed by atoms with Gasteiger partial charge in [-0.25, -0.2) is 4.79 Å². The van der Waals surface area contributed by atoms with Gasteiger partial charge in [0.25, 0.3) is 0 Å². The number of para-hydroxylation sites is 1. The first kappa shape index (κ1) is 24.1. The zero-order chi connectivity index (χ0) is 24.7. The predicted octanol–water partition coefficient (Wildman–Crippen LogP) is 4.88. The molecule has 5 rings (SSSR count). The van der Waals surface area contributed by atoms with Gasteiger partial charge in [0.1, 0.15) is 12.0 Å². The molecule has 1 aromatic heterocycles. The number of nitrogens with one attached hydrogen (secondary N) is 1. The SMILES string of the molecule is NC(=O)Nc1cn(CCCCN2CCN(C3=COC=C(CC4=CC=CCC4)O3)CC2)c2ccccc12. The Labute approximate surface area is 212 Å². The second kappa shape index (κ2) is 11.4. The summed E-state index contributed by atoms with van der Waals surface area (Å²) in [6.45, 7) is 5.85. The molecule has 2 amide bonds. The van der Waals surface area contributed by atoms with Crippen molar-refractivity contribution in [3.05, 3.63) is 78.4 Å². The highest BCUT2D eigenvalue weighted by Gasteiger charge is 2.23. The zero-order valence-corrected chi connectivity index (χ0v) is 20.7. The van der Waals surface area contributed by atoms with Crippen LogP contribution in [0.1, 0.15) is 32.1 Å². The Hall–Kier alpha value is -3.65. The van der Waals surface area contributed by atoms with E-state index in [4.69, 9.17) is 15.2 Å². The number of rotatable bonds is 9. The number of nitrogens with zero attached hydrogens (tertiary/aromatic N) is 3. The molecule has 0 saturated carbocycles. The summed E-state index contributed by atoms with van der Waals surface area (Å²) in [5.41, 5.74) is 8.60. The molecule has 1 fully saturated rings. The van der Waals surface area contributed by atoms with Gasteiger partial charge in [-0.2, -0.15) is 0 Å². The fraction of sp³-hybridized carbons (Fsp3) is 0.393. The first-order valence-electron chi connectivity index (χ1n) is 12.8. The molecule has 36 heavy (non-hydrogen) atoms. The van der Waals surface area contributed by atoms with E-state index in [0.29, 0.717) is 0 Å². The van der Waals surface area contributed by atoms with Crippen LogP contribution in [0.15, 0.2) is 78.4 Å². The third kappa shape index (κ3) is 5.94. The Morgan fingerprint density at radius 2 is 1.89 bits per heavy atom. The van der Waals surface area contributed by atoms with Crippen LogP contribution in [-0.4, -0.2) is 53.1 Å². The third-order valence-electron chi connectivity index (χ3n) is 6.96. The smallest absolute Gasteiger partial charge is 0.316 e. The Balaban J connectivity index is 1.05. The molecule has 3 N–H and O–H groups in total. The van der Waals surface area contributed by atoms with Crippen molar-refractivity contribution in [1.29, 1.82) is 0 Å². The number of carbonyl (C=O) groups excluding carboxylic acids is 1. The second-order valence-corrected chi connectivity index (χ2v) is 9.53. The largest absolute Gasteiger partial charge is 0.464 e. The summed E-state index contributed by atoms with van der Waals surface area (Å²) in [4.78, 5) is 16.1. The summed E-state index contributed by atoms with van der Waals surface area (Å²) < 4.78 is 14.0. The van der Waals surface area contributed by atoms with Gasteiger partial charge in [0, 0.05) is 50.7 Å². The quantitative estimate of drug-likeness (QED) is 0.490. The van der Waals surface area contributed by atoms with Gasteiger partial charge >= 0.3 is 6.03 Å². The maximum absolute atomic E-state index is 11.3. The predicted molar refractivity (Wildman–Crippen MR) is 142 cm³/mol. The van der Waals surface area contributed by atoms with Gasteiger partial charge in [0.15, 0.2) is 6.26 Å². The molecule has 0 unspecified atom stereocenters. The monoisotopic (exact) mass is 489 g/mol. The Morgan fingerprint density at radius 3 is 2.69 bits per heavy atom. The van der Waals surface area contributed by atoms with Crippen molar-refractivity contribution in [3.63, 3.8) is 0 Å². The van der Waals surface area contributed by atoms with E-state index >= 15 is 0 Å². The molecule has 1 aliphatic carbocycles. The van der Waals surface area contributed by atoms with E-state index in [1.54, 1.807) is 12.5 Å². The molecular weight excluding hydrogens is 454 g/mol. The number of nitrogens with two attached hydrogens (primary N) is 1. The molecule has 0 spiro atoms. The minimum atomic E-state index is -0.538. The highest BCUT2D eigenvalue weighted by atomic mass is 16.6. The highest BCUT2D eigenvalue weighted by molar-refractivity contribution is 6.00. The number of ether oxygens (including phenoxy) is 2. The molecule has 8 heteroatoms. The van der Waals surface area contributed by atoms with Crippen LogP contribution in [-0.2, 0) is 16.0 Å². The van der Waals surface area contributed by atoms with Crippen molar-refractivity contribution in [2.45, 2.75) is 38.6 Å². The minimum absolute atomic E-state index is 0.538. The average Bonchev–Trinajstić information content (AvgIpc) is 3.24. The number of aryl methyl sites for hydroxylation is 1. The number of amides is 2. The van der Waals surface area contributed by atoms with Crippen LogP contribution in [0.4, 0.5) is 10.5 Å². The number of urea groups is 1. The number of carbonyl (C=O) groups is 1. The zero-order valence-electron chi connectivity index (χ0n) is 20.7. The van der Waals surface area contributed by atoms with Crippen molar-refractivity contribution in [2.75, 3.05) is 38.0 Å². The molecule has 8 nitrogen and oxygen atoms in total. The molecule has 3 heterocycles. The first-order chi connectivity index (χ1) is 17.7. The number of anilines is 1. The van der Waals surface area contributed by atoms with Gasteiger partial charge in [0.05, 0.1) is 11.2 Å². The summed E-state index contributed by atoms with van der Waals surface area (Å²) in [5.74, 6) is 1.70. The second-order valence-electron chi connectivity index (χ2n) is 9.53. The Bertz CT molecular complexity index is 1200. The van der Waals surface area contributed by atoms with Crippen LogP contribution < -0.4 is 11.1 Å². The normalized spacial score (nSPS) is 18.2. The van der Waals surface area contributed by atoms with Gasteiger partial charge in [-0.15, -0.1) is 0 Å². The fourth-order valence-corrected chi connectivity index (χ4v) is 5.06. The number of fused-ring (bicyclic) bond motifs is 1. The van der Waals surface area contributed by atoms with E-state index < -0.39 is 6.03 Å². The topological polar surface area (TPSA) is 85.0 Å². The summed E-state index contributed by atoms with van der Waals surface area (Å²) in [6, 6.07) is 7.55. The molecule has 0 bridgehead atoms. The summed E-state index contributed by atoms with van der Waals surface area (Å²) >= 11 is 0. The molecular formula is C28H35N5O3. The molecule has 1 saturated heterocycles. The lowest BCUT2D eigenvalue weighted by molar-refractivity contribution is 0.0746. The van der Waals surface area contributed by atoms with Gasteiger partial charge in [0.2, 0.25) is 5.88 Å². The first-order valence-corrected chi connectivity index (χ1v) is 12.8. The summed E-state index contributed by atoms with van der Waals surface area (Å²) in [7, 11) is 0. The summed E-state index contributed by atoms with van der Waals surface area (Å²) in [5, 5.41) is 3.75. The van der Waals surface area contributed by atoms with E-state index in [9.17, 15) is 4.79 Å². The van der Waals surface area contributed by atoms with Crippen molar-refractivity contribution < 1.29 is 14.3 Å². The van der Waals surface area contributed by atoms with Gasteiger partial charge in [-0.1, -0.05) is 42.0 Å².